The van der Waals surface area contributed by atoms with Crippen LogP contribution in [-0.2, 0) is 6.42 Å². The molecule has 2 heteroatoms. The fourth-order valence-electron chi connectivity index (χ4n) is 1.87. The number of rotatable bonds is 0. The molecular weight excluding hydrogens is 172 g/mol. The minimum absolute atomic E-state index is 1.11. The van der Waals surface area contributed by atoms with Crippen molar-refractivity contribution >= 4 is 5.69 Å². The monoisotopic (exact) mass is 190 g/mol. The Bertz CT molecular complexity index is 249. The zero-order valence-corrected chi connectivity index (χ0v) is 8.55. The molecule has 0 saturated carbocycles. The SMILES string of the molecule is C1CCNC1.c1ccc2c(c1)CCN2. The molecule has 2 nitrogen and oxygen atoms in total. The second-order valence-corrected chi connectivity index (χ2v) is 3.79. The van der Waals surface area contributed by atoms with Crippen LogP contribution < -0.4 is 10.6 Å². The van der Waals surface area contributed by atoms with Crippen molar-refractivity contribution in [1.82, 2.24) is 5.32 Å². The summed E-state index contributed by atoms with van der Waals surface area (Å²) in [7, 11) is 0. The minimum atomic E-state index is 1.11. The number of anilines is 1. The molecule has 0 bridgehead atoms. The molecule has 0 aliphatic carbocycles. The van der Waals surface area contributed by atoms with E-state index in [1.54, 1.807) is 0 Å². The van der Waals surface area contributed by atoms with E-state index in [9.17, 15) is 0 Å². The Kier molecular flexibility index (Phi) is 3.41. The van der Waals surface area contributed by atoms with Gasteiger partial charge in [-0.3, -0.25) is 0 Å². The zero-order chi connectivity index (χ0) is 9.64. The van der Waals surface area contributed by atoms with E-state index in [-0.39, 0.29) is 0 Å². The smallest absolute Gasteiger partial charge is 0.0373 e. The van der Waals surface area contributed by atoms with Gasteiger partial charge in [0.15, 0.2) is 0 Å². The molecule has 2 aliphatic rings. The van der Waals surface area contributed by atoms with Crippen LogP contribution in [0.3, 0.4) is 0 Å². The molecule has 1 aromatic carbocycles. The minimum Gasteiger partial charge on any atom is -0.384 e. The van der Waals surface area contributed by atoms with Crippen molar-refractivity contribution in [2.24, 2.45) is 0 Å². The van der Waals surface area contributed by atoms with Gasteiger partial charge in [0.05, 0.1) is 0 Å². The third-order valence-electron chi connectivity index (χ3n) is 2.68. The summed E-state index contributed by atoms with van der Waals surface area (Å²) in [5.41, 5.74) is 2.77. The van der Waals surface area contributed by atoms with Crippen LogP contribution in [0.25, 0.3) is 0 Å². The maximum absolute atomic E-state index is 3.30. The number of benzene rings is 1. The molecule has 0 radical (unpaired) electrons. The van der Waals surface area contributed by atoms with Gasteiger partial charge >= 0.3 is 0 Å². The fourth-order valence-corrected chi connectivity index (χ4v) is 1.87. The highest BCUT2D eigenvalue weighted by Crippen LogP contribution is 2.19. The van der Waals surface area contributed by atoms with Crippen molar-refractivity contribution in [3.8, 4) is 0 Å². The molecule has 1 saturated heterocycles. The third kappa shape index (κ3) is 2.48. The molecule has 1 fully saturated rings. The Labute approximate surface area is 85.7 Å². The fraction of sp³-hybridized carbons (Fsp3) is 0.500. The first-order chi connectivity index (χ1) is 6.97. The lowest BCUT2D eigenvalue weighted by Gasteiger charge is -1.94. The van der Waals surface area contributed by atoms with Gasteiger partial charge in [-0.25, -0.2) is 0 Å². The summed E-state index contributed by atoms with van der Waals surface area (Å²) in [5.74, 6) is 0. The van der Waals surface area contributed by atoms with Crippen LogP contribution in [-0.4, -0.2) is 19.6 Å². The summed E-state index contributed by atoms with van der Waals surface area (Å²) >= 11 is 0. The highest BCUT2D eigenvalue weighted by molar-refractivity contribution is 5.54. The Morgan fingerprint density at radius 1 is 0.929 bits per heavy atom. The Morgan fingerprint density at radius 2 is 1.71 bits per heavy atom. The number of para-hydroxylation sites is 1. The van der Waals surface area contributed by atoms with Crippen molar-refractivity contribution < 1.29 is 0 Å². The van der Waals surface area contributed by atoms with Crippen LogP contribution in [0.1, 0.15) is 18.4 Å². The summed E-state index contributed by atoms with van der Waals surface area (Å²) in [5, 5.41) is 6.52. The summed E-state index contributed by atoms with van der Waals surface area (Å²) < 4.78 is 0. The summed E-state index contributed by atoms with van der Waals surface area (Å²) in [6.07, 6.45) is 3.97. The van der Waals surface area contributed by atoms with Gasteiger partial charge < -0.3 is 10.6 Å². The van der Waals surface area contributed by atoms with Gasteiger partial charge in [0, 0.05) is 12.2 Å². The van der Waals surface area contributed by atoms with E-state index in [0.29, 0.717) is 0 Å². The van der Waals surface area contributed by atoms with Crippen molar-refractivity contribution in [2.75, 3.05) is 25.0 Å². The lowest BCUT2D eigenvalue weighted by atomic mass is 10.2. The average molecular weight is 190 g/mol. The summed E-state index contributed by atoms with van der Waals surface area (Å²) in [6, 6.07) is 8.46. The highest BCUT2D eigenvalue weighted by atomic mass is 14.9. The molecule has 2 heterocycles. The van der Waals surface area contributed by atoms with Gasteiger partial charge in [-0.15, -0.1) is 0 Å². The molecule has 0 aromatic heterocycles. The number of hydrogen-bond donors (Lipinski definition) is 2. The normalized spacial score (nSPS) is 18.0. The van der Waals surface area contributed by atoms with Crippen molar-refractivity contribution in [3.63, 3.8) is 0 Å². The zero-order valence-electron chi connectivity index (χ0n) is 8.55. The Morgan fingerprint density at radius 3 is 2.36 bits per heavy atom. The molecule has 0 unspecified atom stereocenters. The van der Waals surface area contributed by atoms with Crippen LogP contribution in [0, 0.1) is 0 Å². The maximum Gasteiger partial charge on any atom is 0.0373 e. The maximum atomic E-state index is 3.30. The Balaban J connectivity index is 0.000000128. The van der Waals surface area contributed by atoms with E-state index >= 15 is 0 Å². The van der Waals surface area contributed by atoms with Gasteiger partial charge in [0.25, 0.3) is 0 Å². The third-order valence-corrected chi connectivity index (χ3v) is 2.68. The van der Waals surface area contributed by atoms with Crippen LogP contribution in [0.5, 0.6) is 0 Å². The van der Waals surface area contributed by atoms with Crippen LogP contribution >= 0.6 is 0 Å². The van der Waals surface area contributed by atoms with Gasteiger partial charge in [0.1, 0.15) is 0 Å². The van der Waals surface area contributed by atoms with E-state index in [1.165, 1.54) is 43.6 Å². The first kappa shape index (κ1) is 9.53. The predicted octanol–water partition coefficient (Wildman–Crippen LogP) is 2.02. The molecule has 0 atom stereocenters. The van der Waals surface area contributed by atoms with Gasteiger partial charge in [0.2, 0.25) is 0 Å². The summed E-state index contributed by atoms with van der Waals surface area (Å²) in [4.78, 5) is 0. The van der Waals surface area contributed by atoms with Crippen LogP contribution in [0.2, 0.25) is 0 Å². The second-order valence-electron chi connectivity index (χ2n) is 3.79. The number of nitrogens with one attached hydrogen (secondary N) is 2. The molecule has 0 amide bonds. The van der Waals surface area contributed by atoms with Gasteiger partial charge in [-0.2, -0.15) is 0 Å². The molecule has 3 rings (SSSR count). The molecule has 14 heavy (non-hydrogen) atoms. The predicted molar refractivity (Wildman–Crippen MR) is 60.7 cm³/mol. The molecule has 1 aromatic rings. The van der Waals surface area contributed by atoms with Crippen LogP contribution in [0.15, 0.2) is 24.3 Å². The quantitative estimate of drug-likeness (QED) is 0.654. The highest BCUT2D eigenvalue weighted by Gasteiger charge is 2.05. The van der Waals surface area contributed by atoms with Gasteiger partial charge in [-0.05, 0) is 44.0 Å². The molecule has 2 N–H and O–H groups in total. The van der Waals surface area contributed by atoms with Crippen molar-refractivity contribution in [2.45, 2.75) is 19.3 Å². The second kappa shape index (κ2) is 5.01. The molecule has 2 aliphatic heterocycles. The van der Waals surface area contributed by atoms with Crippen molar-refractivity contribution in [1.29, 1.82) is 0 Å². The first-order valence-electron chi connectivity index (χ1n) is 5.49. The largest absolute Gasteiger partial charge is 0.384 e. The summed E-state index contributed by atoms with van der Waals surface area (Å²) in [6.45, 7) is 3.61. The average Bonchev–Trinajstić information content (AvgIpc) is 2.92. The van der Waals surface area contributed by atoms with E-state index in [1.807, 2.05) is 0 Å². The molecule has 76 valence electrons. The Hall–Kier alpha value is -1.02. The van der Waals surface area contributed by atoms with Crippen molar-refractivity contribution in [3.05, 3.63) is 29.8 Å². The lowest BCUT2D eigenvalue weighted by molar-refractivity contribution is 0.857. The first-order valence-corrected chi connectivity index (χ1v) is 5.49. The van der Waals surface area contributed by atoms with E-state index in [2.05, 4.69) is 34.9 Å². The van der Waals surface area contributed by atoms with E-state index in [4.69, 9.17) is 0 Å². The van der Waals surface area contributed by atoms with Gasteiger partial charge in [-0.1, -0.05) is 18.2 Å². The molecule has 0 spiro atoms. The van der Waals surface area contributed by atoms with E-state index in [0.717, 1.165) is 6.54 Å². The lowest BCUT2D eigenvalue weighted by Crippen LogP contribution is -2.03. The van der Waals surface area contributed by atoms with E-state index < -0.39 is 0 Å². The topological polar surface area (TPSA) is 24.1 Å². The standard InChI is InChI=1S/C8H9N.C4H9N/c1-2-4-8-7(3-1)5-6-9-8;1-2-4-5-3-1/h1-4,9H,5-6H2;5H,1-4H2. The van der Waals surface area contributed by atoms with Crippen LogP contribution in [0.4, 0.5) is 5.69 Å². The number of fused-ring (bicyclic) bond motifs is 1. The molecular formula is C12H18N2. The number of hydrogen-bond acceptors (Lipinski definition) is 2.